The smallest absolute Gasteiger partial charge is 0.326 e. The van der Waals surface area contributed by atoms with E-state index in [0.717, 1.165) is 56.3 Å². The number of rotatable bonds is 7. The van der Waals surface area contributed by atoms with Gasteiger partial charge in [0, 0.05) is 38.4 Å². The van der Waals surface area contributed by atoms with Gasteiger partial charge in [-0.25, -0.2) is 0 Å². The van der Waals surface area contributed by atoms with Gasteiger partial charge in [-0.3, -0.25) is 9.69 Å². The second-order valence-electron chi connectivity index (χ2n) is 8.20. The summed E-state index contributed by atoms with van der Waals surface area (Å²) in [5.41, 5.74) is 1.59. The molecule has 31 heavy (non-hydrogen) atoms. The van der Waals surface area contributed by atoms with Crippen LogP contribution in [0.5, 0.6) is 0 Å². The molecule has 0 spiro atoms. The molecule has 2 aromatic carbocycles. The van der Waals surface area contributed by atoms with Crippen LogP contribution in [-0.4, -0.2) is 48.4 Å². The highest BCUT2D eigenvalue weighted by molar-refractivity contribution is 5.92. The first-order chi connectivity index (χ1) is 14.7. The molecule has 7 heteroatoms. The Labute approximate surface area is 182 Å². The maximum atomic E-state index is 13.7. The first-order valence-electron chi connectivity index (χ1n) is 10.7. The normalized spacial score (nSPS) is 15.8. The number of alkyl halides is 3. The minimum atomic E-state index is -4.48. The van der Waals surface area contributed by atoms with Gasteiger partial charge < -0.3 is 10.2 Å². The molecule has 0 unspecified atom stereocenters. The van der Waals surface area contributed by atoms with Crippen molar-refractivity contribution in [3.8, 4) is 0 Å². The summed E-state index contributed by atoms with van der Waals surface area (Å²) in [6, 6.07) is 11.6. The van der Waals surface area contributed by atoms with Gasteiger partial charge in [0.15, 0.2) is 0 Å². The van der Waals surface area contributed by atoms with Gasteiger partial charge in [-0.05, 0) is 43.1 Å². The van der Waals surface area contributed by atoms with Crippen LogP contribution in [0.3, 0.4) is 0 Å². The second-order valence-corrected chi connectivity index (χ2v) is 8.20. The molecule has 1 N–H and O–H groups in total. The Morgan fingerprint density at radius 1 is 1.03 bits per heavy atom. The molecule has 1 aliphatic rings. The maximum absolute atomic E-state index is 13.7. The fourth-order valence-electron chi connectivity index (χ4n) is 4.00. The highest BCUT2D eigenvalue weighted by atomic mass is 19.4. The molecular formula is C24H30F3N3O. The number of halogens is 3. The number of nitrogens with one attached hydrogen (secondary N) is 1. The van der Waals surface area contributed by atoms with Crippen molar-refractivity contribution >= 4 is 11.6 Å². The molecular weight excluding hydrogens is 403 g/mol. The zero-order valence-electron chi connectivity index (χ0n) is 18.1. The van der Waals surface area contributed by atoms with Crippen LogP contribution in [0.15, 0.2) is 42.5 Å². The third kappa shape index (κ3) is 6.80. The summed E-state index contributed by atoms with van der Waals surface area (Å²) in [7, 11) is 0. The number of hydrogen-bond acceptors (Lipinski definition) is 3. The van der Waals surface area contributed by atoms with E-state index in [0.29, 0.717) is 0 Å². The first-order valence-corrected chi connectivity index (χ1v) is 10.7. The molecule has 2 aromatic rings. The van der Waals surface area contributed by atoms with Crippen LogP contribution in [0.25, 0.3) is 0 Å². The van der Waals surface area contributed by atoms with E-state index in [2.05, 4.69) is 22.0 Å². The number of aryl methyl sites for hydroxylation is 1. The van der Waals surface area contributed by atoms with Crippen LogP contribution in [0.4, 0.5) is 18.9 Å². The highest BCUT2D eigenvalue weighted by Gasteiger charge is 2.34. The minimum absolute atomic E-state index is 0.118. The summed E-state index contributed by atoms with van der Waals surface area (Å²) in [6.45, 7) is 8.61. The van der Waals surface area contributed by atoms with Crippen molar-refractivity contribution in [3.05, 3.63) is 64.7 Å². The van der Waals surface area contributed by atoms with Gasteiger partial charge in [0.1, 0.15) is 0 Å². The number of amides is 1. The summed E-state index contributed by atoms with van der Waals surface area (Å²) < 4.78 is 41.2. The maximum Gasteiger partial charge on any atom is 0.416 e. The molecule has 4 nitrogen and oxygen atoms in total. The molecule has 1 amide bonds. The number of benzene rings is 2. The number of piperazine rings is 1. The third-order valence-electron chi connectivity index (χ3n) is 5.54. The van der Waals surface area contributed by atoms with Crippen molar-refractivity contribution in [1.82, 2.24) is 9.80 Å². The lowest BCUT2D eigenvalue weighted by Gasteiger charge is -2.35. The van der Waals surface area contributed by atoms with E-state index in [-0.39, 0.29) is 30.1 Å². The van der Waals surface area contributed by atoms with E-state index in [1.165, 1.54) is 6.07 Å². The summed E-state index contributed by atoms with van der Waals surface area (Å²) in [4.78, 5) is 16.7. The topological polar surface area (TPSA) is 35.6 Å². The predicted molar refractivity (Wildman–Crippen MR) is 117 cm³/mol. The Bertz CT molecular complexity index is 890. The van der Waals surface area contributed by atoms with Gasteiger partial charge in [0.25, 0.3) is 0 Å². The van der Waals surface area contributed by atoms with E-state index >= 15 is 0 Å². The Morgan fingerprint density at radius 2 is 1.74 bits per heavy atom. The second kappa shape index (κ2) is 10.3. The zero-order chi connectivity index (χ0) is 22.4. The molecule has 1 saturated heterocycles. The van der Waals surface area contributed by atoms with Gasteiger partial charge in [-0.1, -0.05) is 42.8 Å². The SMILES string of the molecule is CCCN1CCN(Cc2ccc(NC(=O)Cc3cccc(C)c3)cc2C(F)(F)F)CC1. The average molecular weight is 434 g/mol. The Balaban J connectivity index is 1.68. The molecule has 1 heterocycles. The van der Waals surface area contributed by atoms with Crippen molar-refractivity contribution in [2.45, 2.75) is 39.4 Å². The zero-order valence-corrected chi connectivity index (χ0v) is 18.1. The molecule has 0 saturated carbocycles. The van der Waals surface area contributed by atoms with Crippen molar-refractivity contribution in [3.63, 3.8) is 0 Å². The number of nitrogens with zero attached hydrogens (tertiary/aromatic N) is 2. The van der Waals surface area contributed by atoms with Crippen molar-refractivity contribution < 1.29 is 18.0 Å². The summed E-state index contributed by atoms with van der Waals surface area (Å²) in [6.07, 6.45) is -3.28. The molecule has 0 bridgehead atoms. The quantitative estimate of drug-likeness (QED) is 0.686. The molecule has 1 aliphatic heterocycles. The molecule has 0 radical (unpaired) electrons. The predicted octanol–water partition coefficient (Wildman–Crippen LogP) is 4.72. The van der Waals surface area contributed by atoms with Gasteiger partial charge in [-0.15, -0.1) is 0 Å². The molecule has 3 rings (SSSR count). The van der Waals surface area contributed by atoms with Gasteiger partial charge in [-0.2, -0.15) is 13.2 Å². The standard InChI is InChI=1S/C24H30F3N3O/c1-3-9-29-10-12-30(13-11-29)17-20-7-8-21(16-22(20)24(25,26)27)28-23(31)15-19-6-4-5-18(2)14-19/h4-8,14,16H,3,9-13,15,17H2,1-2H3,(H,28,31). The summed E-state index contributed by atoms with van der Waals surface area (Å²) in [5, 5.41) is 2.61. The van der Waals surface area contributed by atoms with Crippen molar-refractivity contribution in [1.29, 1.82) is 0 Å². The van der Waals surface area contributed by atoms with E-state index in [4.69, 9.17) is 0 Å². The monoisotopic (exact) mass is 433 g/mol. The summed E-state index contributed by atoms with van der Waals surface area (Å²) >= 11 is 0. The van der Waals surface area contributed by atoms with Crippen LogP contribution in [0.2, 0.25) is 0 Å². The fourth-order valence-corrected chi connectivity index (χ4v) is 4.00. The largest absolute Gasteiger partial charge is 0.416 e. The van der Waals surface area contributed by atoms with E-state index < -0.39 is 11.7 Å². The number of carbonyl (C=O) groups is 1. The van der Waals surface area contributed by atoms with Gasteiger partial charge in [0.2, 0.25) is 5.91 Å². The van der Waals surface area contributed by atoms with E-state index in [9.17, 15) is 18.0 Å². The van der Waals surface area contributed by atoms with Crippen LogP contribution >= 0.6 is 0 Å². The summed E-state index contributed by atoms with van der Waals surface area (Å²) in [5.74, 6) is -0.335. The Kier molecular flexibility index (Phi) is 7.73. The van der Waals surface area contributed by atoms with Crippen LogP contribution < -0.4 is 5.32 Å². The number of carbonyl (C=O) groups excluding carboxylic acids is 1. The van der Waals surface area contributed by atoms with Crippen LogP contribution in [0, 0.1) is 6.92 Å². The fraction of sp³-hybridized carbons (Fsp3) is 0.458. The molecule has 0 aromatic heterocycles. The Morgan fingerprint density at radius 3 is 2.39 bits per heavy atom. The molecule has 0 aliphatic carbocycles. The van der Waals surface area contributed by atoms with Crippen LogP contribution in [0.1, 0.15) is 35.6 Å². The first kappa shape index (κ1) is 23.3. The number of hydrogen-bond donors (Lipinski definition) is 1. The van der Waals surface area contributed by atoms with E-state index in [1.54, 1.807) is 6.07 Å². The van der Waals surface area contributed by atoms with E-state index in [1.807, 2.05) is 31.2 Å². The van der Waals surface area contributed by atoms with Crippen LogP contribution in [-0.2, 0) is 23.9 Å². The lowest BCUT2D eigenvalue weighted by atomic mass is 10.0. The molecule has 168 valence electrons. The van der Waals surface area contributed by atoms with Crippen molar-refractivity contribution in [2.75, 3.05) is 38.0 Å². The van der Waals surface area contributed by atoms with Crippen molar-refractivity contribution in [2.24, 2.45) is 0 Å². The van der Waals surface area contributed by atoms with Gasteiger partial charge >= 0.3 is 6.18 Å². The Hall–Kier alpha value is -2.38. The lowest BCUT2D eigenvalue weighted by Crippen LogP contribution is -2.46. The lowest BCUT2D eigenvalue weighted by molar-refractivity contribution is -0.138. The minimum Gasteiger partial charge on any atom is -0.326 e. The highest BCUT2D eigenvalue weighted by Crippen LogP contribution is 2.34. The number of anilines is 1. The third-order valence-corrected chi connectivity index (χ3v) is 5.54. The molecule has 0 atom stereocenters. The molecule has 1 fully saturated rings. The average Bonchev–Trinajstić information content (AvgIpc) is 2.70. The van der Waals surface area contributed by atoms with Gasteiger partial charge in [0.05, 0.1) is 12.0 Å².